The normalized spacial score (nSPS) is 13.1. The number of nitrogen functional groups attached to an aromatic ring is 1. The molecule has 0 amide bonds. The maximum atomic E-state index is 11.0. The number of benzene rings is 2. The van der Waals surface area contributed by atoms with Gasteiger partial charge in [-0.3, -0.25) is 10.1 Å². The zero-order valence-corrected chi connectivity index (χ0v) is 15.4. The van der Waals surface area contributed by atoms with Crippen molar-refractivity contribution < 1.29 is 24.2 Å². The molecule has 30 heavy (non-hydrogen) atoms. The number of nitro groups is 1. The van der Waals surface area contributed by atoms with Gasteiger partial charge in [-0.25, -0.2) is 0 Å². The Kier molecular flexibility index (Phi) is 4.78. The molecule has 10 heteroatoms. The van der Waals surface area contributed by atoms with Gasteiger partial charge in [0.05, 0.1) is 11.5 Å². The fourth-order valence-electron chi connectivity index (χ4n) is 2.90. The lowest BCUT2D eigenvalue weighted by molar-refractivity contribution is -0.384. The first-order chi connectivity index (χ1) is 14.4. The minimum atomic E-state index is -2.02. The van der Waals surface area contributed by atoms with Crippen molar-refractivity contribution in [3.8, 4) is 22.5 Å². The molecule has 2 aromatic heterocycles. The Morgan fingerprint density at radius 3 is 1.83 bits per heavy atom. The van der Waals surface area contributed by atoms with E-state index < -0.39 is 17.1 Å². The molecule has 0 spiro atoms. The number of anilines is 1. The van der Waals surface area contributed by atoms with Crippen molar-refractivity contribution >= 4 is 11.4 Å². The molecular weight excluding hydrogens is 392 g/mol. The fourth-order valence-corrected chi connectivity index (χ4v) is 2.90. The second-order valence-electron chi connectivity index (χ2n) is 6.60. The number of non-ortho nitro benzene ring substituents is 1. The first kappa shape index (κ1) is 19.3. The van der Waals surface area contributed by atoms with Crippen LogP contribution in [0, 0.1) is 10.1 Å². The summed E-state index contributed by atoms with van der Waals surface area (Å²) in [6.45, 7) is -0.752. The van der Waals surface area contributed by atoms with Crippen LogP contribution in [-0.4, -0.2) is 32.1 Å². The SMILES string of the molecule is Nc1ccc(-c2cc(C(O)(CO)c3cc(-c4ccc([N+](=O)[O-])cc4)no3)on2)cc1. The molecule has 0 bridgehead atoms. The number of nitro benzene ring substituents is 1. The van der Waals surface area contributed by atoms with Crippen LogP contribution in [0.25, 0.3) is 22.5 Å². The number of rotatable bonds is 6. The minimum absolute atomic E-state index is 0.0387. The summed E-state index contributed by atoms with van der Waals surface area (Å²) < 4.78 is 10.5. The van der Waals surface area contributed by atoms with Crippen molar-refractivity contribution in [2.75, 3.05) is 12.3 Å². The quantitative estimate of drug-likeness (QED) is 0.247. The van der Waals surface area contributed by atoms with Crippen molar-refractivity contribution in [3.63, 3.8) is 0 Å². The third-order valence-electron chi connectivity index (χ3n) is 4.64. The summed E-state index contributed by atoms with van der Waals surface area (Å²) in [5.74, 6) is -0.110. The smallest absolute Gasteiger partial charge is 0.269 e. The standard InChI is InChI=1S/C20H16N4O6/c21-14-5-1-12(2-6-14)16-9-18(29-22-16)20(26,11-25)19-10-17(23-30-19)13-3-7-15(8-4-13)24(27)28/h1-10,25-26H,11,21H2. The molecule has 0 aliphatic heterocycles. The fraction of sp³-hybridized carbons (Fsp3) is 0.100. The largest absolute Gasteiger partial charge is 0.399 e. The maximum absolute atomic E-state index is 11.0. The van der Waals surface area contributed by atoms with Crippen molar-refractivity contribution in [2.45, 2.75) is 5.60 Å². The number of nitrogens with zero attached hydrogens (tertiary/aromatic N) is 3. The van der Waals surface area contributed by atoms with Gasteiger partial charge in [0, 0.05) is 41.1 Å². The van der Waals surface area contributed by atoms with Gasteiger partial charge >= 0.3 is 0 Å². The molecule has 0 saturated heterocycles. The number of aromatic nitrogens is 2. The molecule has 4 rings (SSSR count). The van der Waals surface area contributed by atoms with Gasteiger partial charge in [0.1, 0.15) is 11.4 Å². The monoisotopic (exact) mass is 408 g/mol. The molecule has 4 aromatic rings. The van der Waals surface area contributed by atoms with Gasteiger partial charge < -0.3 is 25.0 Å². The van der Waals surface area contributed by atoms with Crippen molar-refractivity contribution in [1.82, 2.24) is 10.3 Å². The molecule has 0 radical (unpaired) electrons. The summed E-state index contributed by atoms with van der Waals surface area (Å²) in [5, 5.41) is 39.5. The summed E-state index contributed by atoms with van der Waals surface area (Å²) in [5.41, 5.74) is 6.20. The number of aliphatic hydroxyl groups excluding tert-OH is 1. The lowest BCUT2D eigenvalue weighted by Gasteiger charge is -2.18. The molecule has 152 valence electrons. The van der Waals surface area contributed by atoms with E-state index in [0.29, 0.717) is 28.2 Å². The first-order valence-electron chi connectivity index (χ1n) is 8.79. The van der Waals surface area contributed by atoms with E-state index in [4.69, 9.17) is 14.8 Å². The van der Waals surface area contributed by atoms with Crippen molar-refractivity contribution in [3.05, 3.63) is 82.3 Å². The van der Waals surface area contributed by atoms with Crippen LogP contribution >= 0.6 is 0 Å². The summed E-state index contributed by atoms with van der Waals surface area (Å²) in [6, 6.07) is 15.5. The van der Waals surface area contributed by atoms with E-state index in [1.807, 2.05) is 0 Å². The Hall–Kier alpha value is -4.02. The highest BCUT2D eigenvalue weighted by atomic mass is 16.6. The van der Waals surface area contributed by atoms with E-state index in [9.17, 15) is 20.3 Å². The van der Waals surface area contributed by atoms with Crippen LogP contribution in [0.15, 0.2) is 69.7 Å². The lowest BCUT2D eigenvalue weighted by Crippen LogP contribution is -2.30. The molecule has 4 N–H and O–H groups in total. The second kappa shape index (κ2) is 7.43. The molecule has 0 aliphatic rings. The van der Waals surface area contributed by atoms with Gasteiger partial charge in [-0.2, -0.15) is 0 Å². The summed E-state index contributed by atoms with van der Waals surface area (Å²) >= 11 is 0. The third-order valence-corrected chi connectivity index (χ3v) is 4.64. The van der Waals surface area contributed by atoms with Crippen LogP contribution < -0.4 is 5.73 Å². The van der Waals surface area contributed by atoms with E-state index in [1.165, 1.54) is 36.4 Å². The van der Waals surface area contributed by atoms with Gasteiger partial charge in [-0.15, -0.1) is 0 Å². The van der Waals surface area contributed by atoms with Gasteiger partial charge in [0.2, 0.25) is 5.60 Å². The topological polar surface area (TPSA) is 162 Å². The molecular formula is C20H16N4O6. The highest BCUT2D eigenvalue weighted by Gasteiger charge is 2.40. The zero-order valence-electron chi connectivity index (χ0n) is 15.4. The number of aliphatic hydroxyl groups is 2. The zero-order chi connectivity index (χ0) is 21.3. The average molecular weight is 408 g/mol. The molecule has 0 aliphatic carbocycles. The highest BCUT2D eigenvalue weighted by Crippen LogP contribution is 2.34. The average Bonchev–Trinajstić information content (AvgIpc) is 3.45. The second-order valence-corrected chi connectivity index (χ2v) is 6.60. The molecule has 1 unspecified atom stereocenters. The predicted molar refractivity (Wildman–Crippen MR) is 105 cm³/mol. The van der Waals surface area contributed by atoms with Gasteiger partial charge in [0.25, 0.3) is 5.69 Å². The molecule has 0 saturated carbocycles. The van der Waals surface area contributed by atoms with E-state index in [2.05, 4.69) is 10.3 Å². The Balaban J connectivity index is 1.65. The number of hydrogen-bond donors (Lipinski definition) is 3. The van der Waals surface area contributed by atoms with Crippen molar-refractivity contribution in [1.29, 1.82) is 0 Å². The number of hydrogen-bond acceptors (Lipinski definition) is 9. The number of nitrogens with two attached hydrogens (primary N) is 1. The Morgan fingerprint density at radius 2 is 1.40 bits per heavy atom. The first-order valence-corrected chi connectivity index (χ1v) is 8.79. The maximum Gasteiger partial charge on any atom is 0.269 e. The minimum Gasteiger partial charge on any atom is -0.399 e. The lowest BCUT2D eigenvalue weighted by atomic mass is 9.96. The van der Waals surface area contributed by atoms with Gasteiger partial charge in [-0.1, -0.05) is 22.4 Å². The summed E-state index contributed by atoms with van der Waals surface area (Å²) in [7, 11) is 0. The Bertz CT molecular complexity index is 1180. The van der Waals surface area contributed by atoms with Gasteiger partial charge in [0.15, 0.2) is 11.5 Å². The summed E-state index contributed by atoms with van der Waals surface area (Å²) in [4.78, 5) is 10.3. The molecule has 2 aromatic carbocycles. The van der Waals surface area contributed by atoms with Crippen LogP contribution in [0.3, 0.4) is 0 Å². The predicted octanol–water partition coefficient (Wildman–Crippen LogP) is 2.72. The van der Waals surface area contributed by atoms with E-state index in [1.54, 1.807) is 24.3 Å². The van der Waals surface area contributed by atoms with Crippen LogP contribution in [0.2, 0.25) is 0 Å². The Labute approximate surface area is 169 Å². The third kappa shape index (κ3) is 3.41. The van der Waals surface area contributed by atoms with E-state index in [0.717, 1.165) is 0 Å². The molecule has 10 nitrogen and oxygen atoms in total. The van der Waals surface area contributed by atoms with E-state index >= 15 is 0 Å². The van der Waals surface area contributed by atoms with Crippen LogP contribution in [0.1, 0.15) is 11.5 Å². The van der Waals surface area contributed by atoms with Gasteiger partial charge in [-0.05, 0) is 24.3 Å². The molecule has 1 atom stereocenters. The van der Waals surface area contributed by atoms with E-state index in [-0.39, 0.29) is 17.2 Å². The molecule has 0 fully saturated rings. The summed E-state index contributed by atoms with van der Waals surface area (Å²) in [6.07, 6.45) is 0. The van der Waals surface area contributed by atoms with Crippen LogP contribution in [-0.2, 0) is 5.60 Å². The van der Waals surface area contributed by atoms with Crippen LogP contribution in [0.5, 0.6) is 0 Å². The molecule has 2 heterocycles. The highest BCUT2D eigenvalue weighted by molar-refractivity contribution is 5.63. The Morgan fingerprint density at radius 1 is 0.933 bits per heavy atom. The van der Waals surface area contributed by atoms with Crippen molar-refractivity contribution in [2.24, 2.45) is 0 Å². The van der Waals surface area contributed by atoms with Crippen LogP contribution in [0.4, 0.5) is 11.4 Å².